The zero-order chi connectivity index (χ0) is 21.3. The third-order valence-electron chi connectivity index (χ3n) is 4.80. The Labute approximate surface area is 178 Å². The van der Waals surface area contributed by atoms with E-state index in [1.165, 1.54) is 18.2 Å². The van der Waals surface area contributed by atoms with Gasteiger partial charge in [-0.15, -0.1) is 0 Å². The number of benzene rings is 3. The molecule has 0 aromatic heterocycles. The largest absolute Gasteiger partial charge is 0.479 e. The van der Waals surface area contributed by atoms with Crippen molar-refractivity contribution in [2.45, 2.75) is 19.6 Å². The first kappa shape index (κ1) is 19.9. The molecule has 0 spiro atoms. The van der Waals surface area contributed by atoms with Crippen LogP contribution in [0.3, 0.4) is 0 Å². The van der Waals surface area contributed by atoms with E-state index in [4.69, 9.17) is 16.3 Å². The van der Waals surface area contributed by atoms with Gasteiger partial charge in [0, 0.05) is 10.7 Å². The number of fused-ring (bicyclic) bond motifs is 1. The SMILES string of the molecule is CC1Oc2ccc(NC(=O)c3ccccc3F)cc2N(Cc2ccc(Cl)cc2)C1=O. The topological polar surface area (TPSA) is 58.6 Å². The lowest BCUT2D eigenvalue weighted by atomic mass is 10.1. The molecule has 4 rings (SSSR count). The van der Waals surface area contributed by atoms with E-state index in [1.54, 1.807) is 48.2 Å². The number of nitrogens with zero attached hydrogens (tertiary/aromatic N) is 1. The van der Waals surface area contributed by atoms with Crippen LogP contribution in [0, 0.1) is 5.82 Å². The minimum Gasteiger partial charge on any atom is -0.479 e. The lowest BCUT2D eigenvalue weighted by Gasteiger charge is -2.33. The number of ether oxygens (including phenoxy) is 1. The Morgan fingerprint density at radius 1 is 1.13 bits per heavy atom. The molecule has 1 unspecified atom stereocenters. The molecule has 0 radical (unpaired) electrons. The minimum atomic E-state index is -0.636. The number of carbonyl (C=O) groups excluding carboxylic acids is 2. The highest BCUT2D eigenvalue weighted by molar-refractivity contribution is 6.30. The number of carbonyl (C=O) groups is 2. The second-order valence-corrected chi connectivity index (χ2v) is 7.36. The van der Waals surface area contributed by atoms with Crippen molar-refractivity contribution in [2.75, 3.05) is 10.2 Å². The van der Waals surface area contributed by atoms with E-state index < -0.39 is 17.8 Å². The molecule has 1 N–H and O–H groups in total. The summed E-state index contributed by atoms with van der Waals surface area (Å²) in [5.41, 5.74) is 1.79. The smallest absolute Gasteiger partial charge is 0.268 e. The van der Waals surface area contributed by atoms with Crippen LogP contribution in [0.4, 0.5) is 15.8 Å². The predicted molar refractivity (Wildman–Crippen MR) is 114 cm³/mol. The van der Waals surface area contributed by atoms with Crippen molar-refractivity contribution in [3.05, 3.63) is 88.7 Å². The highest BCUT2D eigenvalue weighted by Gasteiger charge is 2.32. The van der Waals surface area contributed by atoms with Crippen LogP contribution in [-0.2, 0) is 11.3 Å². The van der Waals surface area contributed by atoms with Gasteiger partial charge in [-0.25, -0.2) is 4.39 Å². The lowest BCUT2D eigenvalue weighted by molar-refractivity contribution is -0.125. The number of amides is 2. The van der Waals surface area contributed by atoms with Gasteiger partial charge >= 0.3 is 0 Å². The quantitative estimate of drug-likeness (QED) is 0.638. The molecule has 7 heteroatoms. The molecule has 0 bridgehead atoms. The molecule has 152 valence electrons. The molecule has 5 nitrogen and oxygen atoms in total. The summed E-state index contributed by atoms with van der Waals surface area (Å²) in [6.45, 7) is 2.01. The molecule has 1 aliphatic rings. The summed E-state index contributed by atoms with van der Waals surface area (Å²) >= 11 is 5.95. The zero-order valence-electron chi connectivity index (χ0n) is 16.1. The maximum atomic E-state index is 13.9. The van der Waals surface area contributed by atoms with Crippen LogP contribution in [-0.4, -0.2) is 17.9 Å². The van der Waals surface area contributed by atoms with Crippen LogP contribution in [0.25, 0.3) is 0 Å². The van der Waals surface area contributed by atoms with Gasteiger partial charge in [-0.1, -0.05) is 35.9 Å². The second kappa shape index (κ2) is 8.16. The van der Waals surface area contributed by atoms with Crippen molar-refractivity contribution in [3.8, 4) is 5.75 Å². The Balaban J connectivity index is 1.64. The molecule has 1 heterocycles. The minimum absolute atomic E-state index is 0.0609. The standard InChI is InChI=1S/C23H18ClFN2O3/c1-14-23(29)27(13-15-6-8-16(24)9-7-15)20-12-17(10-11-21(20)30-14)26-22(28)18-4-2-3-5-19(18)25/h2-12,14H,13H2,1H3,(H,26,28). The fourth-order valence-electron chi connectivity index (χ4n) is 3.26. The highest BCUT2D eigenvalue weighted by atomic mass is 35.5. The van der Waals surface area contributed by atoms with Crippen LogP contribution in [0.2, 0.25) is 5.02 Å². The maximum absolute atomic E-state index is 13.9. The summed E-state index contributed by atoms with van der Waals surface area (Å²) in [6.07, 6.45) is -0.636. The molecule has 30 heavy (non-hydrogen) atoms. The van der Waals surface area contributed by atoms with Gasteiger partial charge in [0.15, 0.2) is 6.10 Å². The summed E-state index contributed by atoms with van der Waals surface area (Å²) in [5.74, 6) is -0.853. The van der Waals surface area contributed by atoms with Gasteiger partial charge < -0.3 is 15.0 Å². The molecule has 3 aromatic rings. The first-order valence-electron chi connectivity index (χ1n) is 9.35. The first-order valence-corrected chi connectivity index (χ1v) is 9.72. The Kier molecular flexibility index (Phi) is 5.42. The van der Waals surface area contributed by atoms with Crippen molar-refractivity contribution >= 4 is 34.8 Å². The number of hydrogen-bond acceptors (Lipinski definition) is 3. The van der Waals surface area contributed by atoms with Gasteiger partial charge in [0.25, 0.3) is 11.8 Å². The van der Waals surface area contributed by atoms with Crippen molar-refractivity contribution in [3.63, 3.8) is 0 Å². The van der Waals surface area contributed by atoms with E-state index in [0.29, 0.717) is 28.7 Å². The van der Waals surface area contributed by atoms with E-state index >= 15 is 0 Å². The summed E-state index contributed by atoms with van der Waals surface area (Å²) < 4.78 is 19.6. The maximum Gasteiger partial charge on any atom is 0.268 e. The van der Waals surface area contributed by atoms with Crippen molar-refractivity contribution < 1.29 is 18.7 Å². The summed E-state index contributed by atoms with van der Waals surface area (Å²) in [5, 5.41) is 3.29. The van der Waals surface area contributed by atoms with E-state index in [0.717, 1.165) is 5.56 Å². The van der Waals surface area contributed by atoms with Crippen LogP contribution in [0.1, 0.15) is 22.8 Å². The Morgan fingerprint density at radius 2 is 1.87 bits per heavy atom. The predicted octanol–water partition coefficient (Wildman–Crippen LogP) is 5.05. The van der Waals surface area contributed by atoms with E-state index in [-0.39, 0.29) is 11.5 Å². The number of halogens is 2. The molecule has 3 aromatic carbocycles. The van der Waals surface area contributed by atoms with Gasteiger partial charge in [0.1, 0.15) is 11.6 Å². The van der Waals surface area contributed by atoms with E-state index in [1.807, 2.05) is 12.1 Å². The fraction of sp³-hybridized carbons (Fsp3) is 0.130. The second-order valence-electron chi connectivity index (χ2n) is 6.93. The molecule has 1 atom stereocenters. The first-order chi connectivity index (χ1) is 14.4. The number of rotatable bonds is 4. The molecule has 2 amide bonds. The van der Waals surface area contributed by atoms with Crippen LogP contribution < -0.4 is 15.0 Å². The third kappa shape index (κ3) is 4.00. The van der Waals surface area contributed by atoms with E-state index in [9.17, 15) is 14.0 Å². The average Bonchev–Trinajstić information content (AvgIpc) is 2.73. The van der Waals surface area contributed by atoms with Gasteiger partial charge in [0.05, 0.1) is 17.8 Å². The third-order valence-corrected chi connectivity index (χ3v) is 5.05. The molecular weight excluding hydrogens is 407 g/mol. The van der Waals surface area contributed by atoms with Crippen LogP contribution in [0.5, 0.6) is 5.75 Å². The Hall–Kier alpha value is -3.38. The molecule has 0 fully saturated rings. The van der Waals surface area contributed by atoms with Crippen LogP contribution >= 0.6 is 11.6 Å². The zero-order valence-corrected chi connectivity index (χ0v) is 16.8. The fourth-order valence-corrected chi connectivity index (χ4v) is 3.39. The van der Waals surface area contributed by atoms with Crippen molar-refractivity contribution in [1.29, 1.82) is 0 Å². The number of hydrogen-bond donors (Lipinski definition) is 1. The van der Waals surface area contributed by atoms with Crippen molar-refractivity contribution in [2.24, 2.45) is 0 Å². The Morgan fingerprint density at radius 3 is 2.60 bits per heavy atom. The van der Waals surface area contributed by atoms with Gasteiger partial charge in [-0.05, 0) is 55.0 Å². The summed E-state index contributed by atoms with van der Waals surface area (Å²) in [6, 6.07) is 17.9. The molecule has 0 saturated carbocycles. The molecule has 0 saturated heterocycles. The van der Waals surface area contributed by atoms with Gasteiger partial charge in [-0.3, -0.25) is 9.59 Å². The lowest BCUT2D eigenvalue weighted by Crippen LogP contribution is -2.44. The van der Waals surface area contributed by atoms with Crippen LogP contribution in [0.15, 0.2) is 66.7 Å². The van der Waals surface area contributed by atoms with Gasteiger partial charge in [0.2, 0.25) is 0 Å². The number of nitrogens with one attached hydrogen (secondary N) is 1. The number of anilines is 2. The monoisotopic (exact) mass is 424 g/mol. The molecular formula is C23H18ClFN2O3. The summed E-state index contributed by atoms with van der Waals surface area (Å²) in [4.78, 5) is 26.8. The normalized spacial score (nSPS) is 15.4. The highest BCUT2D eigenvalue weighted by Crippen LogP contribution is 2.37. The molecule has 0 aliphatic carbocycles. The summed E-state index contributed by atoms with van der Waals surface area (Å²) in [7, 11) is 0. The average molecular weight is 425 g/mol. The van der Waals surface area contributed by atoms with Crippen molar-refractivity contribution in [1.82, 2.24) is 0 Å². The molecule has 1 aliphatic heterocycles. The van der Waals surface area contributed by atoms with Gasteiger partial charge in [-0.2, -0.15) is 0 Å². The Bertz CT molecular complexity index is 1120. The van der Waals surface area contributed by atoms with E-state index in [2.05, 4.69) is 5.32 Å².